The molecule has 5 nitrogen and oxygen atoms in total. The third-order valence-corrected chi connectivity index (χ3v) is 2.31. The van der Waals surface area contributed by atoms with Crippen molar-refractivity contribution >= 4 is 5.91 Å². The smallest absolute Gasteiger partial charge is 0.226 e. The van der Waals surface area contributed by atoms with Gasteiger partial charge in [0, 0.05) is 26.0 Å². The fourth-order valence-electron chi connectivity index (χ4n) is 1.33. The second-order valence-electron chi connectivity index (χ2n) is 4.23. The second-order valence-corrected chi connectivity index (χ2v) is 4.23. The van der Waals surface area contributed by atoms with E-state index in [1.165, 1.54) is 0 Å². The number of carbonyl (C=O) groups is 1. The van der Waals surface area contributed by atoms with Crippen molar-refractivity contribution in [1.29, 1.82) is 0 Å². The van der Waals surface area contributed by atoms with Gasteiger partial charge in [-0.3, -0.25) is 4.79 Å². The van der Waals surface area contributed by atoms with Crippen LogP contribution >= 0.6 is 0 Å². The first-order valence-corrected chi connectivity index (χ1v) is 5.25. The van der Waals surface area contributed by atoms with Crippen LogP contribution in [0.4, 0.5) is 0 Å². The van der Waals surface area contributed by atoms with Crippen LogP contribution in [-0.4, -0.2) is 29.5 Å². The molecule has 0 saturated carbocycles. The van der Waals surface area contributed by atoms with E-state index >= 15 is 0 Å². The minimum absolute atomic E-state index is 0.0222. The first-order valence-electron chi connectivity index (χ1n) is 5.25. The predicted octanol–water partition coefficient (Wildman–Crippen LogP) is 0.338. The molecule has 0 atom stereocenters. The summed E-state index contributed by atoms with van der Waals surface area (Å²) < 4.78 is 0. The summed E-state index contributed by atoms with van der Waals surface area (Å²) in [7, 11) is 1.64. The fraction of sp³-hybridized carbons (Fsp3) is 0.545. The van der Waals surface area contributed by atoms with E-state index in [1.807, 2.05) is 13.8 Å². The van der Waals surface area contributed by atoms with Crippen LogP contribution in [0.25, 0.3) is 0 Å². The number of rotatable bonds is 5. The molecule has 88 valence electrons. The summed E-state index contributed by atoms with van der Waals surface area (Å²) in [5.74, 6) is 0.754. The van der Waals surface area contributed by atoms with Gasteiger partial charge in [-0.1, -0.05) is 0 Å². The second kappa shape index (κ2) is 5.55. The first kappa shape index (κ1) is 12.6. The van der Waals surface area contributed by atoms with Crippen molar-refractivity contribution in [2.24, 2.45) is 5.41 Å². The van der Waals surface area contributed by atoms with Gasteiger partial charge in [-0.15, -0.1) is 0 Å². The highest BCUT2D eigenvalue weighted by molar-refractivity contribution is 5.81. The molecule has 1 rings (SSSR count). The average Bonchev–Trinajstić information content (AvgIpc) is 2.29. The van der Waals surface area contributed by atoms with Crippen LogP contribution in [0.3, 0.4) is 0 Å². The van der Waals surface area contributed by atoms with E-state index in [0.717, 1.165) is 5.82 Å². The van der Waals surface area contributed by atoms with E-state index in [9.17, 15) is 4.79 Å². The van der Waals surface area contributed by atoms with Crippen molar-refractivity contribution in [1.82, 2.24) is 20.6 Å². The molecule has 1 aromatic rings. The van der Waals surface area contributed by atoms with Crippen LogP contribution in [0.1, 0.15) is 19.7 Å². The monoisotopic (exact) mass is 222 g/mol. The van der Waals surface area contributed by atoms with Gasteiger partial charge in [-0.2, -0.15) is 0 Å². The van der Waals surface area contributed by atoms with Crippen LogP contribution in [0, 0.1) is 5.41 Å². The third kappa shape index (κ3) is 3.58. The zero-order chi connectivity index (χ0) is 12.0. The lowest BCUT2D eigenvalue weighted by atomic mass is 9.92. The maximum atomic E-state index is 11.5. The molecule has 0 spiro atoms. The summed E-state index contributed by atoms with van der Waals surface area (Å²) in [4.78, 5) is 19.7. The van der Waals surface area contributed by atoms with E-state index in [-0.39, 0.29) is 5.91 Å². The molecule has 0 aromatic carbocycles. The van der Waals surface area contributed by atoms with Crippen molar-refractivity contribution in [2.75, 3.05) is 13.6 Å². The Kier molecular flexibility index (Phi) is 4.37. The van der Waals surface area contributed by atoms with E-state index < -0.39 is 5.41 Å². The Labute approximate surface area is 95.7 Å². The number of hydrogen-bond acceptors (Lipinski definition) is 4. The Bertz CT molecular complexity index is 337. The van der Waals surface area contributed by atoms with Gasteiger partial charge in [-0.05, 0) is 19.9 Å². The van der Waals surface area contributed by atoms with Gasteiger partial charge in [0.1, 0.15) is 5.82 Å². The zero-order valence-corrected chi connectivity index (χ0v) is 9.95. The van der Waals surface area contributed by atoms with Crippen LogP contribution in [0.15, 0.2) is 18.5 Å². The summed E-state index contributed by atoms with van der Waals surface area (Å²) in [6, 6.07) is 1.78. The number of hydrogen-bond donors (Lipinski definition) is 2. The first-order chi connectivity index (χ1) is 7.56. The van der Waals surface area contributed by atoms with Gasteiger partial charge in [0.2, 0.25) is 5.91 Å². The lowest BCUT2D eigenvalue weighted by molar-refractivity contribution is -0.128. The van der Waals surface area contributed by atoms with Crippen molar-refractivity contribution in [3.8, 4) is 0 Å². The molecule has 0 fully saturated rings. The van der Waals surface area contributed by atoms with Gasteiger partial charge >= 0.3 is 0 Å². The number of aromatic nitrogens is 2. The molecule has 1 amide bonds. The molecular weight excluding hydrogens is 204 g/mol. The Hall–Kier alpha value is -1.49. The quantitative estimate of drug-likeness (QED) is 0.754. The molecule has 0 radical (unpaired) electrons. The van der Waals surface area contributed by atoms with Crippen molar-refractivity contribution in [3.63, 3.8) is 0 Å². The van der Waals surface area contributed by atoms with Crippen molar-refractivity contribution in [3.05, 3.63) is 24.3 Å². The Morgan fingerprint density at radius 2 is 2.00 bits per heavy atom. The number of amides is 1. The molecule has 0 bridgehead atoms. The van der Waals surface area contributed by atoms with Crippen LogP contribution in [0.2, 0.25) is 0 Å². The molecule has 0 saturated heterocycles. The van der Waals surface area contributed by atoms with Gasteiger partial charge in [0.15, 0.2) is 0 Å². The predicted molar refractivity (Wildman–Crippen MR) is 61.6 cm³/mol. The minimum Gasteiger partial charge on any atom is -0.359 e. The number of nitrogens with zero attached hydrogens (tertiary/aromatic N) is 2. The van der Waals surface area contributed by atoms with Gasteiger partial charge < -0.3 is 10.6 Å². The molecule has 0 aliphatic rings. The van der Waals surface area contributed by atoms with Crippen LogP contribution < -0.4 is 10.6 Å². The summed E-state index contributed by atoms with van der Waals surface area (Å²) in [6.45, 7) is 4.95. The Morgan fingerprint density at radius 3 is 2.56 bits per heavy atom. The summed E-state index contributed by atoms with van der Waals surface area (Å²) >= 11 is 0. The molecule has 2 N–H and O–H groups in total. The minimum atomic E-state index is -0.427. The zero-order valence-electron chi connectivity index (χ0n) is 9.95. The van der Waals surface area contributed by atoms with E-state index in [1.54, 1.807) is 25.5 Å². The SMILES string of the molecule is CNC(=O)C(C)(C)CNCc1ncccn1. The summed E-state index contributed by atoms with van der Waals surface area (Å²) in [5.41, 5.74) is -0.427. The molecule has 0 aliphatic heterocycles. The summed E-state index contributed by atoms with van der Waals surface area (Å²) in [6.07, 6.45) is 3.40. The van der Waals surface area contributed by atoms with Crippen LogP contribution in [0.5, 0.6) is 0 Å². The van der Waals surface area contributed by atoms with Crippen LogP contribution in [-0.2, 0) is 11.3 Å². The highest BCUT2D eigenvalue weighted by atomic mass is 16.2. The van der Waals surface area contributed by atoms with Gasteiger partial charge in [-0.25, -0.2) is 9.97 Å². The molecule has 0 unspecified atom stereocenters. The van der Waals surface area contributed by atoms with E-state index in [0.29, 0.717) is 13.1 Å². The molecule has 0 aliphatic carbocycles. The average molecular weight is 222 g/mol. The number of nitrogens with one attached hydrogen (secondary N) is 2. The van der Waals surface area contributed by atoms with Gasteiger partial charge in [0.05, 0.1) is 12.0 Å². The standard InChI is InChI=1S/C11H18N4O/c1-11(2,10(16)12-3)8-13-7-9-14-5-4-6-15-9/h4-6,13H,7-8H2,1-3H3,(H,12,16). The number of carbonyl (C=O) groups excluding carboxylic acids is 1. The maximum absolute atomic E-state index is 11.5. The van der Waals surface area contributed by atoms with Gasteiger partial charge in [0.25, 0.3) is 0 Å². The normalized spacial score (nSPS) is 11.2. The molecule has 16 heavy (non-hydrogen) atoms. The molecule has 1 heterocycles. The highest BCUT2D eigenvalue weighted by Gasteiger charge is 2.25. The third-order valence-electron chi connectivity index (χ3n) is 2.31. The van der Waals surface area contributed by atoms with Crippen molar-refractivity contribution < 1.29 is 4.79 Å². The van der Waals surface area contributed by atoms with Crippen molar-refractivity contribution in [2.45, 2.75) is 20.4 Å². The highest BCUT2D eigenvalue weighted by Crippen LogP contribution is 2.13. The lowest BCUT2D eigenvalue weighted by Gasteiger charge is -2.22. The fourth-order valence-corrected chi connectivity index (χ4v) is 1.33. The molecular formula is C11H18N4O. The summed E-state index contributed by atoms with van der Waals surface area (Å²) in [5, 5.41) is 5.82. The molecule has 5 heteroatoms. The van der Waals surface area contributed by atoms with E-state index in [2.05, 4.69) is 20.6 Å². The molecule has 1 aromatic heterocycles. The Balaban J connectivity index is 2.38. The maximum Gasteiger partial charge on any atom is 0.226 e. The lowest BCUT2D eigenvalue weighted by Crippen LogP contribution is -2.42. The largest absolute Gasteiger partial charge is 0.359 e. The topological polar surface area (TPSA) is 66.9 Å². The van der Waals surface area contributed by atoms with E-state index in [4.69, 9.17) is 0 Å². The Morgan fingerprint density at radius 1 is 1.38 bits per heavy atom.